The molecule has 1 rings (SSSR count). The lowest BCUT2D eigenvalue weighted by molar-refractivity contribution is -0.385. The van der Waals surface area contributed by atoms with Crippen LogP contribution in [0.1, 0.15) is 38.7 Å². The minimum Gasteiger partial charge on any atom is -0.314 e. The second-order valence-electron chi connectivity index (χ2n) is 4.68. The first-order chi connectivity index (χ1) is 9.08. The van der Waals surface area contributed by atoms with E-state index in [0.29, 0.717) is 12.0 Å². The van der Waals surface area contributed by atoms with Crippen LogP contribution < -0.4 is 5.32 Å². The van der Waals surface area contributed by atoms with E-state index in [1.807, 2.05) is 0 Å². The zero-order valence-electron chi connectivity index (χ0n) is 11.5. The summed E-state index contributed by atoms with van der Waals surface area (Å²) in [5, 5.41) is 13.9. The molecule has 0 spiro atoms. The van der Waals surface area contributed by atoms with Gasteiger partial charge < -0.3 is 5.32 Å². The average Bonchev–Trinajstić information content (AvgIpc) is 2.38. The van der Waals surface area contributed by atoms with Crippen molar-refractivity contribution in [2.75, 3.05) is 6.54 Å². The fourth-order valence-electron chi connectivity index (χ4n) is 2.05. The highest BCUT2D eigenvalue weighted by Crippen LogP contribution is 2.18. The van der Waals surface area contributed by atoms with Crippen molar-refractivity contribution in [2.24, 2.45) is 0 Å². The summed E-state index contributed by atoms with van der Waals surface area (Å²) >= 11 is 0. The molecule has 0 heterocycles. The minimum atomic E-state index is -0.578. The van der Waals surface area contributed by atoms with Crippen molar-refractivity contribution in [2.45, 2.75) is 45.6 Å². The lowest BCUT2D eigenvalue weighted by Crippen LogP contribution is -2.31. The molecule has 0 aromatic heterocycles. The number of halogens is 1. The Kier molecular flexibility index (Phi) is 6.42. The first kappa shape index (κ1) is 15.6. The Morgan fingerprint density at radius 2 is 2.11 bits per heavy atom. The van der Waals surface area contributed by atoms with Gasteiger partial charge in [-0.3, -0.25) is 10.1 Å². The molecule has 5 heteroatoms. The fraction of sp³-hybridized carbons (Fsp3) is 0.571. The summed E-state index contributed by atoms with van der Waals surface area (Å²) in [6.07, 6.45) is 3.59. The molecule has 1 N–H and O–H groups in total. The molecule has 1 atom stereocenters. The quantitative estimate of drug-likeness (QED) is 0.580. The molecule has 0 aliphatic carbocycles. The average molecular weight is 268 g/mol. The van der Waals surface area contributed by atoms with Crippen LogP contribution in [-0.4, -0.2) is 17.5 Å². The Morgan fingerprint density at radius 1 is 1.37 bits per heavy atom. The van der Waals surface area contributed by atoms with Crippen molar-refractivity contribution >= 4 is 5.69 Å². The highest BCUT2D eigenvalue weighted by molar-refractivity contribution is 5.34. The molecule has 0 fully saturated rings. The molecule has 106 valence electrons. The monoisotopic (exact) mass is 268 g/mol. The number of hydrogen-bond acceptors (Lipinski definition) is 3. The SMILES string of the molecule is CCCNC(CCC)Cc1ccc([N+](=O)[O-])cc1F. The number of nitro groups is 1. The number of benzene rings is 1. The fourth-order valence-corrected chi connectivity index (χ4v) is 2.05. The van der Waals surface area contributed by atoms with Gasteiger partial charge in [-0.25, -0.2) is 4.39 Å². The standard InChI is InChI=1S/C14H21FN2O2/c1-3-5-12(16-8-4-2)9-11-6-7-13(17(18)19)10-14(11)15/h6-7,10,12,16H,3-5,8-9H2,1-2H3. The van der Waals surface area contributed by atoms with Gasteiger partial charge in [-0.05, 0) is 37.4 Å². The molecular weight excluding hydrogens is 247 g/mol. The molecule has 0 radical (unpaired) electrons. The van der Waals surface area contributed by atoms with E-state index in [1.165, 1.54) is 12.1 Å². The zero-order valence-corrected chi connectivity index (χ0v) is 11.5. The molecule has 0 saturated heterocycles. The van der Waals surface area contributed by atoms with Crippen LogP contribution in [0.4, 0.5) is 10.1 Å². The van der Waals surface area contributed by atoms with Gasteiger partial charge >= 0.3 is 0 Å². The normalized spacial score (nSPS) is 12.4. The lowest BCUT2D eigenvalue weighted by atomic mass is 10.0. The van der Waals surface area contributed by atoms with Crippen LogP contribution in [0.15, 0.2) is 18.2 Å². The first-order valence-corrected chi connectivity index (χ1v) is 6.74. The summed E-state index contributed by atoms with van der Waals surface area (Å²) in [4.78, 5) is 9.98. The third-order valence-corrected chi connectivity index (χ3v) is 3.03. The molecular formula is C14H21FN2O2. The predicted molar refractivity (Wildman–Crippen MR) is 73.7 cm³/mol. The van der Waals surface area contributed by atoms with Gasteiger partial charge in [0.05, 0.1) is 11.0 Å². The molecule has 1 aromatic carbocycles. The molecule has 1 aromatic rings. The van der Waals surface area contributed by atoms with Gasteiger partial charge in [-0.1, -0.05) is 20.3 Å². The maximum Gasteiger partial charge on any atom is 0.272 e. The van der Waals surface area contributed by atoms with E-state index in [9.17, 15) is 14.5 Å². The Balaban J connectivity index is 2.75. The van der Waals surface area contributed by atoms with Gasteiger partial charge in [0.25, 0.3) is 5.69 Å². The number of nitro benzene ring substituents is 1. The summed E-state index contributed by atoms with van der Waals surface area (Å²) in [5.74, 6) is -0.492. The van der Waals surface area contributed by atoms with Gasteiger partial charge in [0.15, 0.2) is 0 Å². The second kappa shape index (κ2) is 7.84. The molecule has 0 aliphatic rings. The maximum atomic E-state index is 13.8. The number of non-ortho nitro benzene ring substituents is 1. The van der Waals surface area contributed by atoms with Gasteiger partial charge in [-0.2, -0.15) is 0 Å². The van der Waals surface area contributed by atoms with E-state index in [4.69, 9.17) is 0 Å². The molecule has 19 heavy (non-hydrogen) atoms. The van der Waals surface area contributed by atoms with Gasteiger partial charge in [-0.15, -0.1) is 0 Å². The summed E-state index contributed by atoms with van der Waals surface area (Å²) in [6, 6.07) is 4.10. The summed E-state index contributed by atoms with van der Waals surface area (Å²) < 4.78 is 13.8. The highest BCUT2D eigenvalue weighted by Gasteiger charge is 2.14. The van der Waals surface area contributed by atoms with Crippen LogP contribution in [0, 0.1) is 15.9 Å². The Hall–Kier alpha value is -1.49. The molecule has 4 nitrogen and oxygen atoms in total. The first-order valence-electron chi connectivity index (χ1n) is 6.74. The van der Waals surface area contributed by atoms with Crippen LogP contribution in [0.25, 0.3) is 0 Å². The molecule has 0 amide bonds. The Bertz CT molecular complexity index is 424. The molecule has 0 bridgehead atoms. The smallest absolute Gasteiger partial charge is 0.272 e. The third-order valence-electron chi connectivity index (χ3n) is 3.03. The van der Waals surface area contributed by atoms with Crippen LogP contribution in [-0.2, 0) is 6.42 Å². The maximum absolute atomic E-state index is 13.8. The third kappa shape index (κ3) is 4.95. The van der Waals surface area contributed by atoms with Crippen molar-refractivity contribution in [3.8, 4) is 0 Å². The van der Waals surface area contributed by atoms with E-state index in [2.05, 4.69) is 19.2 Å². The van der Waals surface area contributed by atoms with Gasteiger partial charge in [0.2, 0.25) is 0 Å². The van der Waals surface area contributed by atoms with E-state index in [1.54, 1.807) is 0 Å². The van der Waals surface area contributed by atoms with Gasteiger partial charge in [0, 0.05) is 12.1 Å². The molecule has 0 aliphatic heterocycles. The summed E-state index contributed by atoms with van der Waals surface area (Å²) in [5.41, 5.74) is 0.336. The molecule has 1 unspecified atom stereocenters. The van der Waals surface area contributed by atoms with Crippen LogP contribution in [0.5, 0.6) is 0 Å². The van der Waals surface area contributed by atoms with Crippen LogP contribution in [0.3, 0.4) is 0 Å². The summed E-state index contributed by atoms with van der Waals surface area (Å²) in [7, 11) is 0. The van der Waals surface area contributed by atoms with Gasteiger partial charge in [0.1, 0.15) is 5.82 Å². The molecule has 0 saturated carbocycles. The van der Waals surface area contributed by atoms with Crippen molar-refractivity contribution in [3.63, 3.8) is 0 Å². The van der Waals surface area contributed by atoms with E-state index < -0.39 is 10.7 Å². The van der Waals surface area contributed by atoms with Crippen molar-refractivity contribution in [3.05, 3.63) is 39.7 Å². The van der Waals surface area contributed by atoms with E-state index >= 15 is 0 Å². The lowest BCUT2D eigenvalue weighted by Gasteiger charge is -2.18. The summed E-state index contributed by atoms with van der Waals surface area (Å²) in [6.45, 7) is 5.08. The number of nitrogens with one attached hydrogen (secondary N) is 1. The zero-order chi connectivity index (χ0) is 14.3. The second-order valence-corrected chi connectivity index (χ2v) is 4.68. The Morgan fingerprint density at radius 3 is 2.63 bits per heavy atom. The Labute approximate surface area is 113 Å². The largest absolute Gasteiger partial charge is 0.314 e. The van der Waals surface area contributed by atoms with Crippen molar-refractivity contribution < 1.29 is 9.31 Å². The van der Waals surface area contributed by atoms with Crippen molar-refractivity contribution in [1.82, 2.24) is 5.32 Å². The van der Waals surface area contributed by atoms with Crippen molar-refractivity contribution in [1.29, 1.82) is 0 Å². The topological polar surface area (TPSA) is 55.2 Å². The highest BCUT2D eigenvalue weighted by atomic mass is 19.1. The number of nitrogens with zero attached hydrogens (tertiary/aromatic N) is 1. The number of rotatable bonds is 8. The van der Waals surface area contributed by atoms with Crippen LogP contribution >= 0.6 is 0 Å². The predicted octanol–water partition coefficient (Wildman–Crippen LogP) is 3.44. The minimum absolute atomic E-state index is 0.199. The van der Waals surface area contributed by atoms with Crippen LogP contribution in [0.2, 0.25) is 0 Å². The number of hydrogen-bond donors (Lipinski definition) is 1. The van der Waals surface area contributed by atoms with E-state index in [0.717, 1.165) is 31.9 Å². The van der Waals surface area contributed by atoms with E-state index in [-0.39, 0.29) is 11.7 Å².